The molecule has 1 saturated heterocycles. The molecular weight excluding hydrogens is 542 g/mol. The lowest BCUT2D eigenvalue weighted by Crippen LogP contribution is -2.60. The Morgan fingerprint density at radius 2 is 1.76 bits per heavy atom. The largest absolute Gasteiger partial charge is 0.445 e. The van der Waals surface area contributed by atoms with Crippen molar-refractivity contribution in [3.8, 4) is 0 Å². The van der Waals surface area contributed by atoms with Crippen molar-refractivity contribution >= 4 is 29.7 Å². The summed E-state index contributed by atoms with van der Waals surface area (Å²) in [5, 5.41) is 13.4. The lowest BCUT2D eigenvalue weighted by Gasteiger charge is -2.31. The van der Waals surface area contributed by atoms with E-state index in [4.69, 9.17) is 9.47 Å². The van der Waals surface area contributed by atoms with Crippen LogP contribution in [0.15, 0.2) is 43.0 Å². The summed E-state index contributed by atoms with van der Waals surface area (Å²) < 4.78 is 11.3. The van der Waals surface area contributed by atoms with Gasteiger partial charge in [-0.1, -0.05) is 50.3 Å². The smallest absolute Gasteiger partial charge is 0.408 e. The first-order valence-electron chi connectivity index (χ1n) is 14.3. The minimum atomic E-state index is -1.18. The highest BCUT2D eigenvalue weighted by Crippen LogP contribution is 2.16. The van der Waals surface area contributed by atoms with E-state index < -0.39 is 53.8 Å². The van der Waals surface area contributed by atoms with Gasteiger partial charge in [0.1, 0.15) is 24.9 Å². The number of alkyl carbamates (subject to hydrolysis) is 1. The summed E-state index contributed by atoms with van der Waals surface area (Å²) in [7, 11) is 0. The lowest BCUT2D eigenvalue weighted by molar-refractivity contribution is -0.136. The molecule has 0 radical (unpaired) electrons. The molecule has 0 aliphatic carbocycles. The van der Waals surface area contributed by atoms with Crippen LogP contribution in [0.3, 0.4) is 0 Å². The molecule has 0 bridgehead atoms. The zero-order valence-electron chi connectivity index (χ0n) is 25.2. The van der Waals surface area contributed by atoms with Gasteiger partial charge in [0, 0.05) is 12.5 Å². The van der Waals surface area contributed by atoms with E-state index >= 15 is 0 Å². The first-order valence-corrected chi connectivity index (χ1v) is 14.3. The molecule has 232 valence electrons. The number of nitrogens with one attached hydrogen (secondary N) is 5. The molecule has 12 heteroatoms. The summed E-state index contributed by atoms with van der Waals surface area (Å²) in [4.78, 5) is 63.7. The number of hydrogen-bond donors (Lipinski definition) is 5. The minimum absolute atomic E-state index is 0.00716. The number of amides is 5. The van der Waals surface area contributed by atoms with Gasteiger partial charge in [-0.05, 0) is 58.6 Å². The molecular formula is C30H45N5O7. The molecule has 5 atom stereocenters. The van der Waals surface area contributed by atoms with Gasteiger partial charge in [0.05, 0.1) is 11.7 Å². The number of carbonyl (C=O) groups is 5. The number of rotatable bonds is 15. The van der Waals surface area contributed by atoms with Crippen molar-refractivity contribution in [1.82, 2.24) is 26.6 Å². The molecule has 1 fully saturated rings. The molecule has 2 rings (SSSR count). The zero-order chi connectivity index (χ0) is 31.3. The van der Waals surface area contributed by atoms with Gasteiger partial charge in [0.2, 0.25) is 23.6 Å². The van der Waals surface area contributed by atoms with Gasteiger partial charge in [-0.3, -0.25) is 19.2 Å². The minimum Gasteiger partial charge on any atom is -0.445 e. The lowest BCUT2D eigenvalue weighted by atomic mass is 10.0. The fourth-order valence-electron chi connectivity index (χ4n) is 4.54. The van der Waals surface area contributed by atoms with Crippen LogP contribution in [0.2, 0.25) is 0 Å². The van der Waals surface area contributed by atoms with Crippen LogP contribution >= 0.6 is 0 Å². The maximum atomic E-state index is 13.5. The van der Waals surface area contributed by atoms with E-state index in [1.165, 1.54) is 0 Å². The van der Waals surface area contributed by atoms with Crippen LogP contribution in [0.5, 0.6) is 0 Å². The maximum Gasteiger partial charge on any atom is 0.408 e. The van der Waals surface area contributed by atoms with Crippen molar-refractivity contribution in [3.05, 3.63) is 48.6 Å². The molecule has 0 aromatic heterocycles. The first-order chi connectivity index (χ1) is 19.8. The topological polar surface area (TPSA) is 164 Å². The Balaban J connectivity index is 2.15. The summed E-state index contributed by atoms with van der Waals surface area (Å²) in [6.45, 7) is 12.9. The molecule has 1 aliphatic heterocycles. The number of benzene rings is 1. The summed E-state index contributed by atoms with van der Waals surface area (Å²) in [5.41, 5.74) is 0.150. The average Bonchev–Trinajstić information content (AvgIpc) is 3.33. The molecule has 0 spiro atoms. The molecule has 5 amide bonds. The molecule has 42 heavy (non-hydrogen) atoms. The van der Waals surface area contributed by atoms with Crippen LogP contribution in [0.25, 0.3) is 0 Å². The third-order valence-corrected chi connectivity index (χ3v) is 6.49. The van der Waals surface area contributed by atoms with E-state index in [-0.39, 0.29) is 31.3 Å². The van der Waals surface area contributed by atoms with Crippen LogP contribution < -0.4 is 26.6 Å². The first kappa shape index (κ1) is 34.3. The van der Waals surface area contributed by atoms with Crippen molar-refractivity contribution in [1.29, 1.82) is 0 Å². The van der Waals surface area contributed by atoms with Crippen molar-refractivity contribution < 1.29 is 33.4 Å². The zero-order valence-corrected chi connectivity index (χ0v) is 25.2. The third-order valence-electron chi connectivity index (χ3n) is 6.49. The standard InChI is InChI=1S/C30H45N5O7/c1-7-12-22(27(38)34-23(33-24(36)8-2)17-21-15-16-31-26(21)37)32-28(39)25(19(3)42-30(4,5)6)35-29(40)41-18-20-13-10-9-11-14-20/h8-11,13-14,19,21-23,25H,2,7,12,15-18H2,1,3-6H3,(H,31,37)(H,32,39)(H,33,36)(H,34,38)(H,35,40)/t19-,21+,22+,23+,25+/m1/s1. The highest BCUT2D eigenvalue weighted by molar-refractivity contribution is 5.92. The summed E-state index contributed by atoms with van der Waals surface area (Å²) >= 11 is 0. The average molecular weight is 588 g/mol. The van der Waals surface area contributed by atoms with Crippen molar-refractivity contribution in [2.75, 3.05) is 6.54 Å². The van der Waals surface area contributed by atoms with Crippen molar-refractivity contribution in [2.24, 2.45) is 5.92 Å². The van der Waals surface area contributed by atoms with Gasteiger partial charge in [-0.2, -0.15) is 0 Å². The summed E-state index contributed by atoms with van der Waals surface area (Å²) in [6, 6.07) is 6.93. The molecule has 12 nitrogen and oxygen atoms in total. The molecule has 1 heterocycles. The van der Waals surface area contributed by atoms with Gasteiger partial charge in [0.25, 0.3) is 0 Å². The molecule has 0 unspecified atom stereocenters. The van der Waals surface area contributed by atoms with Crippen LogP contribution in [-0.2, 0) is 35.3 Å². The van der Waals surface area contributed by atoms with Crippen molar-refractivity contribution in [3.63, 3.8) is 0 Å². The predicted octanol–water partition coefficient (Wildman–Crippen LogP) is 2.04. The van der Waals surface area contributed by atoms with Crippen LogP contribution in [-0.4, -0.2) is 66.2 Å². The van der Waals surface area contributed by atoms with E-state index in [0.29, 0.717) is 19.4 Å². The molecule has 1 aromatic rings. The van der Waals surface area contributed by atoms with Crippen LogP contribution in [0.4, 0.5) is 4.79 Å². The Morgan fingerprint density at radius 3 is 2.33 bits per heavy atom. The van der Waals surface area contributed by atoms with E-state index in [0.717, 1.165) is 11.6 Å². The highest BCUT2D eigenvalue weighted by atomic mass is 16.6. The monoisotopic (exact) mass is 587 g/mol. The molecule has 1 aliphatic rings. The molecule has 5 N–H and O–H groups in total. The van der Waals surface area contributed by atoms with Crippen LogP contribution in [0.1, 0.15) is 65.9 Å². The highest BCUT2D eigenvalue weighted by Gasteiger charge is 2.35. The van der Waals surface area contributed by atoms with Gasteiger partial charge in [-0.15, -0.1) is 0 Å². The number of hydrogen-bond acceptors (Lipinski definition) is 7. The van der Waals surface area contributed by atoms with E-state index in [1.54, 1.807) is 19.1 Å². The second-order valence-corrected chi connectivity index (χ2v) is 11.3. The van der Waals surface area contributed by atoms with Gasteiger partial charge in [0.15, 0.2) is 0 Å². The Labute approximate surface area is 247 Å². The Kier molecular flexibility index (Phi) is 13.5. The van der Waals surface area contributed by atoms with E-state index in [2.05, 4.69) is 33.2 Å². The second-order valence-electron chi connectivity index (χ2n) is 11.3. The maximum absolute atomic E-state index is 13.5. The van der Waals surface area contributed by atoms with E-state index in [1.807, 2.05) is 45.9 Å². The third kappa shape index (κ3) is 11.9. The quantitative estimate of drug-likeness (QED) is 0.155. The normalized spacial score (nSPS) is 17.5. The van der Waals surface area contributed by atoms with Gasteiger partial charge < -0.3 is 36.1 Å². The SMILES string of the molecule is C=CC(=O)N[C@H](C[C@@H]1CCNC1=O)NC(=O)[C@H](CCC)NC(=O)[C@@H](NC(=O)OCc1ccccc1)[C@@H](C)OC(C)(C)C. The predicted molar refractivity (Wildman–Crippen MR) is 157 cm³/mol. The van der Waals surface area contributed by atoms with Crippen molar-refractivity contribution in [2.45, 2.75) is 96.9 Å². The number of carbonyl (C=O) groups excluding carboxylic acids is 5. The summed E-state index contributed by atoms with van der Waals surface area (Å²) in [6.07, 6.45) is 0.201. The fourth-order valence-corrected chi connectivity index (χ4v) is 4.54. The second kappa shape index (κ2) is 16.5. The fraction of sp³-hybridized carbons (Fsp3) is 0.567. The van der Waals surface area contributed by atoms with Gasteiger partial charge >= 0.3 is 6.09 Å². The molecule has 1 aromatic carbocycles. The van der Waals surface area contributed by atoms with Crippen LogP contribution in [0, 0.1) is 5.92 Å². The summed E-state index contributed by atoms with van der Waals surface area (Å²) in [5.74, 6) is -2.24. The Morgan fingerprint density at radius 1 is 1.07 bits per heavy atom. The molecule has 0 saturated carbocycles. The number of ether oxygens (including phenoxy) is 2. The van der Waals surface area contributed by atoms with Gasteiger partial charge in [-0.25, -0.2) is 4.79 Å². The Bertz CT molecular complexity index is 1090. The Hall–Kier alpha value is -3.93. The van der Waals surface area contributed by atoms with E-state index in [9.17, 15) is 24.0 Å².